The molecule has 2 rings (SSSR count). The molecule has 0 saturated carbocycles. The summed E-state index contributed by atoms with van der Waals surface area (Å²) in [7, 11) is 0. The number of esters is 4. The molecule has 0 radical (unpaired) electrons. The Morgan fingerprint density at radius 2 is 1.40 bits per heavy atom. The summed E-state index contributed by atoms with van der Waals surface area (Å²) in [5.74, 6) is -2.37. The average Bonchev–Trinajstić information content (AvgIpc) is 2.64. The van der Waals surface area contributed by atoms with Crippen LogP contribution in [0, 0.1) is 0 Å². The van der Waals surface area contributed by atoms with E-state index in [1.807, 2.05) is 30.3 Å². The van der Waals surface area contributed by atoms with Crippen molar-refractivity contribution in [3.63, 3.8) is 0 Å². The number of ether oxygens (including phenoxy) is 5. The summed E-state index contributed by atoms with van der Waals surface area (Å²) < 4.78 is 28.1. The van der Waals surface area contributed by atoms with E-state index in [1.54, 1.807) is 0 Å². The molecule has 5 atom stereocenters. The molecule has 1 aliphatic heterocycles. The Hall–Kier alpha value is -2.42. The number of benzene rings is 1. The summed E-state index contributed by atoms with van der Waals surface area (Å²) in [6, 6.07) is 9.36. The zero-order chi connectivity index (χ0) is 22.3. The van der Waals surface area contributed by atoms with Gasteiger partial charge < -0.3 is 0 Å². The van der Waals surface area contributed by atoms with Crippen LogP contribution in [0.25, 0.3) is 0 Å². The molecule has 1 aliphatic rings. The van der Waals surface area contributed by atoms with Gasteiger partial charge in [-0.2, -0.15) is 0 Å². The molecule has 1 fully saturated rings. The quantitative estimate of drug-likeness (QED) is 0.309. The molecule has 9 nitrogen and oxygen atoms in total. The van der Waals surface area contributed by atoms with E-state index in [-0.39, 0.29) is 21.6 Å². The van der Waals surface area contributed by atoms with E-state index in [0.717, 1.165) is 4.46 Å². The predicted molar refractivity (Wildman–Crippen MR) is 104 cm³/mol. The van der Waals surface area contributed by atoms with Crippen LogP contribution in [0.2, 0.25) is 4.82 Å². The maximum absolute atomic E-state index is 11.9. The third-order valence-electron chi connectivity index (χ3n) is 3.94. The Morgan fingerprint density at radius 1 is 0.833 bits per heavy atom. The standard InChI is InChI=1S/C20H24O9Se/c1-11(21)25-10-16-17(26-12(2)22)18(27-13(3)23)19(20(29-16)28-14(4)24)30-15-8-6-5-7-9-15/h5-9,16-20H,10H2,1-4H3/t16-,17-,18+,19-,20-/m1/s1. The second-order valence-electron chi connectivity index (χ2n) is 6.50. The van der Waals surface area contributed by atoms with Gasteiger partial charge in [0.15, 0.2) is 0 Å². The van der Waals surface area contributed by atoms with Crippen LogP contribution in [-0.2, 0) is 42.9 Å². The summed E-state index contributed by atoms with van der Waals surface area (Å²) in [6.45, 7) is 4.62. The van der Waals surface area contributed by atoms with Gasteiger partial charge in [0.1, 0.15) is 0 Å². The van der Waals surface area contributed by atoms with E-state index in [9.17, 15) is 19.2 Å². The molecule has 10 heteroatoms. The summed E-state index contributed by atoms with van der Waals surface area (Å²) in [5.41, 5.74) is 0. The molecule has 0 aromatic heterocycles. The van der Waals surface area contributed by atoms with Crippen LogP contribution in [0.4, 0.5) is 0 Å². The van der Waals surface area contributed by atoms with Crippen molar-refractivity contribution in [2.75, 3.05) is 6.61 Å². The van der Waals surface area contributed by atoms with Crippen molar-refractivity contribution < 1.29 is 42.9 Å². The SMILES string of the molecule is CC(=O)OC[C@H]1O[C@@H](OC(C)=O)[C@H]([Se]c2ccccc2)[C@@H](OC(C)=O)[C@@H]1OC(C)=O. The summed E-state index contributed by atoms with van der Waals surface area (Å²) in [5, 5.41) is 0. The predicted octanol–water partition coefficient (Wildman–Crippen LogP) is 0.519. The summed E-state index contributed by atoms with van der Waals surface area (Å²) in [6.07, 6.45) is -4.09. The van der Waals surface area contributed by atoms with Crippen molar-refractivity contribution in [2.45, 2.75) is 57.1 Å². The first kappa shape index (κ1) is 23.9. The Morgan fingerprint density at radius 3 is 1.93 bits per heavy atom. The van der Waals surface area contributed by atoms with Crippen molar-refractivity contribution >= 4 is 43.3 Å². The van der Waals surface area contributed by atoms with E-state index in [4.69, 9.17) is 23.7 Å². The molecule has 1 aromatic rings. The van der Waals surface area contributed by atoms with Gasteiger partial charge in [0, 0.05) is 0 Å². The molecular weight excluding hydrogens is 463 g/mol. The van der Waals surface area contributed by atoms with Gasteiger partial charge in [-0.3, -0.25) is 0 Å². The van der Waals surface area contributed by atoms with Crippen molar-refractivity contribution in [3.05, 3.63) is 30.3 Å². The van der Waals surface area contributed by atoms with Crippen LogP contribution in [0.1, 0.15) is 27.7 Å². The topological polar surface area (TPSA) is 114 Å². The van der Waals surface area contributed by atoms with E-state index in [0.29, 0.717) is 0 Å². The number of hydrogen-bond donors (Lipinski definition) is 0. The summed E-state index contributed by atoms with van der Waals surface area (Å²) in [4.78, 5) is 46.0. The molecule has 1 heterocycles. The molecule has 164 valence electrons. The van der Waals surface area contributed by atoms with Gasteiger partial charge in [-0.25, -0.2) is 0 Å². The van der Waals surface area contributed by atoms with Gasteiger partial charge >= 0.3 is 180 Å². The fraction of sp³-hybridized carbons (Fsp3) is 0.500. The Bertz CT molecular complexity index is 767. The van der Waals surface area contributed by atoms with Gasteiger partial charge in [-0.05, 0) is 0 Å². The number of carbonyl (C=O) groups excluding carboxylic acids is 4. The van der Waals surface area contributed by atoms with Gasteiger partial charge in [-0.15, -0.1) is 0 Å². The Balaban J connectivity index is 2.43. The zero-order valence-electron chi connectivity index (χ0n) is 17.1. The fourth-order valence-corrected chi connectivity index (χ4v) is 5.44. The molecule has 0 bridgehead atoms. The summed E-state index contributed by atoms with van der Waals surface area (Å²) >= 11 is -0.383. The van der Waals surface area contributed by atoms with Crippen LogP contribution in [0.3, 0.4) is 0 Å². The van der Waals surface area contributed by atoms with Gasteiger partial charge in [0.25, 0.3) is 0 Å². The van der Waals surface area contributed by atoms with Crippen LogP contribution >= 0.6 is 0 Å². The van der Waals surface area contributed by atoms with E-state index in [1.165, 1.54) is 27.7 Å². The molecule has 0 spiro atoms. The van der Waals surface area contributed by atoms with Gasteiger partial charge in [0.2, 0.25) is 0 Å². The third kappa shape index (κ3) is 7.12. The maximum atomic E-state index is 11.9. The van der Waals surface area contributed by atoms with Crippen LogP contribution < -0.4 is 4.46 Å². The number of rotatable bonds is 7. The van der Waals surface area contributed by atoms with Crippen molar-refractivity contribution in [3.8, 4) is 0 Å². The normalized spacial score (nSPS) is 25.7. The van der Waals surface area contributed by atoms with E-state index in [2.05, 4.69) is 0 Å². The second-order valence-corrected chi connectivity index (χ2v) is 9.12. The molecule has 0 N–H and O–H groups in total. The van der Waals surface area contributed by atoms with Crippen molar-refractivity contribution in [2.24, 2.45) is 0 Å². The first-order valence-corrected chi connectivity index (χ1v) is 11.0. The molecule has 1 saturated heterocycles. The third-order valence-corrected chi connectivity index (χ3v) is 6.69. The Kier molecular flexibility index (Phi) is 8.83. The molecule has 0 amide bonds. The minimum atomic E-state index is -1.08. The first-order chi connectivity index (χ1) is 14.2. The minimum absolute atomic E-state index is 0.270. The molecule has 0 aliphatic carbocycles. The van der Waals surface area contributed by atoms with Crippen LogP contribution in [-0.4, -0.2) is 70.0 Å². The first-order valence-electron chi connectivity index (χ1n) is 9.19. The van der Waals surface area contributed by atoms with Crippen molar-refractivity contribution in [1.82, 2.24) is 0 Å². The number of hydrogen-bond acceptors (Lipinski definition) is 9. The number of carbonyl (C=O) groups is 4. The molecule has 30 heavy (non-hydrogen) atoms. The van der Waals surface area contributed by atoms with Crippen LogP contribution in [0.5, 0.6) is 0 Å². The van der Waals surface area contributed by atoms with E-state index >= 15 is 0 Å². The average molecular weight is 487 g/mol. The molecule has 0 unspecified atom stereocenters. The van der Waals surface area contributed by atoms with E-state index < -0.39 is 53.3 Å². The Labute approximate surface area is 180 Å². The van der Waals surface area contributed by atoms with Gasteiger partial charge in [0.05, 0.1) is 0 Å². The van der Waals surface area contributed by atoms with Gasteiger partial charge in [-0.1, -0.05) is 0 Å². The van der Waals surface area contributed by atoms with Crippen LogP contribution in [0.15, 0.2) is 30.3 Å². The second kappa shape index (κ2) is 11.1. The fourth-order valence-electron chi connectivity index (χ4n) is 2.91. The molecule has 1 aromatic carbocycles. The van der Waals surface area contributed by atoms with Crippen molar-refractivity contribution in [1.29, 1.82) is 0 Å². The zero-order valence-corrected chi connectivity index (χ0v) is 18.8. The molecular formula is C20H24O9Se. The monoisotopic (exact) mass is 488 g/mol.